The molecular weight excluding hydrogens is 242 g/mol. The molecule has 2 aromatic heterocycles. The molecule has 2 N–H and O–H groups in total. The van der Waals surface area contributed by atoms with Crippen molar-refractivity contribution >= 4 is 23.1 Å². The van der Waals surface area contributed by atoms with E-state index in [0.717, 1.165) is 0 Å². The van der Waals surface area contributed by atoms with Crippen molar-refractivity contribution in [2.75, 3.05) is 10.6 Å². The summed E-state index contributed by atoms with van der Waals surface area (Å²) < 4.78 is 0. The average Bonchev–Trinajstić information content (AvgIpc) is 2.39. The van der Waals surface area contributed by atoms with Crippen molar-refractivity contribution in [1.29, 1.82) is 5.26 Å². The minimum Gasteiger partial charge on any atom is -0.399 e. The third-order valence-corrected chi connectivity index (χ3v) is 2.43. The first-order valence-corrected chi connectivity index (χ1v) is 5.50. The van der Waals surface area contributed by atoms with Gasteiger partial charge in [-0.3, -0.25) is 9.69 Å². The molecule has 0 aromatic carbocycles. The Morgan fingerprint density at radius 2 is 2.05 bits per heavy atom. The van der Waals surface area contributed by atoms with Gasteiger partial charge in [0, 0.05) is 31.1 Å². The van der Waals surface area contributed by atoms with Crippen LogP contribution in [0.15, 0.2) is 36.7 Å². The van der Waals surface area contributed by atoms with Gasteiger partial charge in [-0.15, -0.1) is 0 Å². The van der Waals surface area contributed by atoms with Crippen molar-refractivity contribution in [3.05, 3.63) is 42.4 Å². The SMILES string of the molecule is CC(=O)N(c1ccnc(C#N)c1)c1cc(N)ccn1. The molecule has 0 spiro atoms. The summed E-state index contributed by atoms with van der Waals surface area (Å²) in [5.74, 6) is 0.177. The van der Waals surface area contributed by atoms with E-state index in [1.54, 1.807) is 18.2 Å². The molecule has 2 heterocycles. The minimum absolute atomic E-state index is 0.229. The molecule has 0 aliphatic carbocycles. The fraction of sp³-hybridized carbons (Fsp3) is 0.0769. The molecule has 0 atom stereocenters. The molecule has 6 heteroatoms. The van der Waals surface area contributed by atoms with Crippen LogP contribution in [-0.2, 0) is 4.79 Å². The van der Waals surface area contributed by atoms with Crippen molar-refractivity contribution in [3.63, 3.8) is 0 Å². The third-order valence-electron chi connectivity index (χ3n) is 2.43. The summed E-state index contributed by atoms with van der Waals surface area (Å²) >= 11 is 0. The number of nitrogen functional groups attached to an aromatic ring is 1. The van der Waals surface area contributed by atoms with E-state index in [1.807, 2.05) is 6.07 Å². The first-order valence-electron chi connectivity index (χ1n) is 5.50. The number of nitriles is 1. The van der Waals surface area contributed by atoms with Crippen LogP contribution < -0.4 is 10.6 Å². The quantitative estimate of drug-likeness (QED) is 0.877. The van der Waals surface area contributed by atoms with Gasteiger partial charge in [0.05, 0.1) is 5.69 Å². The number of pyridine rings is 2. The van der Waals surface area contributed by atoms with Gasteiger partial charge in [0.25, 0.3) is 0 Å². The van der Waals surface area contributed by atoms with Gasteiger partial charge in [-0.1, -0.05) is 0 Å². The standard InChI is InChI=1S/C13H11N5O/c1-9(19)18(13-6-10(15)2-4-17-13)12-3-5-16-11(7-12)8-14/h2-7H,1H3,(H2,15,17). The van der Waals surface area contributed by atoms with Gasteiger partial charge >= 0.3 is 0 Å². The maximum absolute atomic E-state index is 11.8. The van der Waals surface area contributed by atoms with Crippen LogP contribution >= 0.6 is 0 Å². The Kier molecular flexibility index (Phi) is 3.39. The zero-order valence-electron chi connectivity index (χ0n) is 10.2. The summed E-state index contributed by atoms with van der Waals surface area (Å²) in [4.78, 5) is 21.2. The normalized spacial score (nSPS) is 9.68. The van der Waals surface area contributed by atoms with Crippen LogP contribution in [0, 0.1) is 11.3 Å². The fourth-order valence-electron chi connectivity index (χ4n) is 1.65. The van der Waals surface area contributed by atoms with E-state index < -0.39 is 0 Å². The predicted octanol–water partition coefficient (Wildman–Crippen LogP) is 1.62. The van der Waals surface area contributed by atoms with Crippen LogP contribution in [0.1, 0.15) is 12.6 Å². The van der Waals surface area contributed by atoms with Crippen LogP contribution in [0.4, 0.5) is 17.2 Å². The van der Waals surface area contributed by atoms with Crippen molar-refractivity contribution < 1.29 is 4.79 Å². The lowest BCUT2D eigenvalue weighted by Gasteiger charge is -2.20. The monoisotopic (exact) mass is 253 g/mol. The summed E-state index contributed by atoms with van der Waals surface area (Å²) in [5, 5.41) is 8.85. The Hall–Kier alpha value is -2.94. The van der Waals surface area contributed by atoms with Crippen LogP contribution in [0.25, 0.3) is 0 Å². The molecule has 0 radical (unpaired) electrons. The van der Waals surface area contributed by atoms with Crippen LogP contribution in [0.5, 0.6) is 0 Å². The summed E-state index contributed by atoms with van der Waals surface area (Å²) in [6.07, 6.45) is 2.99. The molecule has 2 aromatic rings. The van der Waals surface area contributed by atoms with Crippen LogP contribution in [0.3, 0.4) is 0 Å². The number of amides is 1. The van der Waals surface area contributed by atoms with Crippen LogP contribution in [-0.4, -0.2) is 15.9 Å². The second-order valence-electron chi connectivity index (χ2n) is 3.81. The van der Waals surface area contributed by atoms with E-state index >= 15 is 0 Å². The Bertz CT molecular complexity index is 662. The van der Waals surface area contributed by atoms with Crippen LogP contribution in [0.2, 0.25) is 0 Å². The number of nitrogens with two attached hydrogens (primary N) is 1. The van der Waals surface area contributed by atoms with Gasteiger partial charge in [0.2, 0.25) is 5.91 Å². The molecule has 2 rings (SSSR count). The highest BCUT2D eigenvalue weighted by Crippen LogP contribution is 2.24. The summed E-state index contributed by atoms with van der Waals surface area (Å²) in [7, 11) is 0. The molecule has 19 heavy (non-hydrogen) atoms. The molecule has 6 nitrogen and oxygen atoms in total. The molecule has 94 valence electrons. The number of hydrogen-bond donors (Lipinski definition) is 1. The van der Waals surface area contributed by atoms with E-state index in [-0.39, 0.29) is 11.6 Å². The van der Waals surface area contributed by atoms with E-state index in [2.05, 4.69) is 9.97 Å². The first-order chi connectivity index (χ1) is 9.11. The Labute approximate surface area is 110 Å². The Morgan fingerprint density at radius 1 is 1.32 bits per heavy atom. The Morgan fingerprint density at radius 3 is 2.68 bits per heavy atom. The number of carbonyl (C=O) groups is 1. The fourth-order valence-corrected chi connectivity index (χ4v) is 1.65. The molecule has 0 fully saturated rings. The number of nitrogens with zero attached hydrogens (tertiary/aromatic N) is 4. The summed E-state index contributed by atoms with van der Waals surface area (Å²) in [6, 6.07) is 8.31. The van der Waals surface area contributed by atoms with Gasteiger partial charge in [0.15, 0.2) is 0 Å². The topological polar surface area (TPSA) is 95.9 Å². The largest absolute Gasteiger partial charge is 0.399 e. The molecule has 0 aliphatic heterocycles. The van der Waals surface area contributed by atoms with Gasteiger partial charge < -0.3 is 5.73 Å². The van der Waals surface area contributed by atoms with Crippen molar-refractivity contribution in [2.24, 2.45) is 0 Å². The minimum atomic E-state index is -0.229. The molecule has 0 aliphatic rings. The molecule has 0 unspecified atom stereocenters. The van der Waals surface area contributed by atoms with E-state index in [9.17, 15) is 4.79 Å². The Balaban J connectivity index is 2.52. The second-order valence-corrected chi connectivity index (χ2v) is 3.81. The van der Waals surface area contributed by atoms with E-state index in [0.29, 0.717) is 17.2 Å². The zero-order valence-corrected chi connectivity index (χ0v) is 10.2. The molecular formula is C13H11N5O. The van der Waals surface area contributed by atoms with E-state index in [1.165, 1.54) is 30.3 Å². The number of rotatable bonds is 2. The van der Waals surface area contributed by atoms with Crippen molar-refractivity contribution in [3.8, 4) is 6.07 Å². The first kappa shape index (κ1) is 12.5. The van der Waals surface area contributed by atoms with Crippen molar-refractivity contribution in [2.45, 2.75) is 6.92 Å². The number of anilines is 3. The third kappa shape index (κ3) is 2.66. The average molecular weight is 253 g/mol. The number of carbonyl (C=O) groups excluding carboxylic acids is 1. The smallest absolute Gasteiger partial charge is 0.229 e. The van der Waals surface area contributed by atoms with E-state index in [4.69, 9.17) is 11.0 Å². The highest BCUT2D eigenvalue weighted by atomic mass is 16.2. The maximum atomic E-state index is 11.8. The van der Waals surface area contributed by atoms with Gasteiger partial charge in [-0.05, 0) is 18.2 Å². The zero-order chi connectivity index (χ0) is 13.8. The van der Waals surface area contributed by atoms with Gasteiger partial charge in [-0.25, -0.2) is 9.97 Å². The molecule has 0 saturated heterocycles. The highest BCUT2D eigenvalue weighted by Gasteiger charge is 2.16. The van der Waals surface area contributed by atoms with Gasteiger partial charge in [-0.2, -0.15) is 5.26 Å². The second kappa shape index (κ2) is 5.14. The lowest BCUT2D eigenvalue weighted by atomic mass is 10.2. The van der Waals surface area contributed by atoms with Gasteiger partial charge in [0.1, 0.15) is 17.6 Å². The highest BCUT2D eigenvalue weighted by molar-refractivity contribution is 5.98. The lowest BCUT2D eigenvalue weighted by molar-refractivity contribution is -0.115. The number of hydrogen-bond acceptors (Lipinski definition) is 5. The maximum Gasteiger partial charge on any atom is 0.229 e. The predicted molar refractivity (Wildman–Crippen MR) is 70.4 cm³/mol. The summed E-state index contributed by atoms with van der Waals surface area (Å²) in [5.41, 5.74) is 6.95. The molecule has 0 saturated carbocycles. The molecule has 1 amide bonds. The number of aromatic nitrogens is 2. The molecule has 0 bridgehead atoms. The van der Waals surface area contributed by atoms with Crippen molar-refractivity contribution in [1.82, 2.24) is 9.97 Å². The lowest BCUT2D eigenvalue weighted by Crippen LogP contribution is -2.24. The summed E-state index contributed by atoms with van der Waals surface area (Å²) in [6.45, 7) is 1.41.